The van der Waals surface area contributed by atoms with Crippen molar-refractivity contribution >= 4 is 0 Å². The maximum atomic E-state index is 10.4. The van der Waals surface area contributed by atoms with Crippen LogP contribution >= 0.6 is 0 Å². The molecule has 3 saturated carbocycles. The van der Waals surface area contributed by atoms with E-state index in [2.05, 4.69) is 30.3 Å². The molecular weight excluding hydrogens is 332 g/mol. The summed E-state index contributed by atoms with van der Waals surface area (Å²) < 4.78 is 0. The lowest BCUT2D eigenvalue weighted by atomic mass is 9.52. The molecule has 1 atom stereocenters. The molecule has 1 aromatic rings. The average molecular weight is 352 g/mol. The van der Waals surface area contributed by atoms with Gasteiger partial charge in [0.05, 0.1) is 24.3 Å². The standard InChI is InChI=1S/C23H20N4/c24-12-21(13-25)20(10-9-16-3-1-2-4-19(16)20)11-23(17-5-6-17,18-7-8-18)22(21,14-26)15-27/h1-4,17-18H,5-11H2. The molecule has 0 aliphatic heterocycles. The van der Waals surface area contributed by atoms with Gasteiger partial charge in [0.15, 0.2) is 10.8 Å². The van der Waals surface area contributed by atoms with Gasteiger partial charge in [0.1, 0.15) is 0 Å². The van der Waals surface area contributed by atoms with E-state index in [9.17, 15) is 21.0 Å². The fourth-order valence-electron chi connectivity index (χ4n) is 6.97. The number of hydrogen-bond acceptors (Lipinski definition) is 4. The van der Waals surface area contributed by atoms with Gasteiger partial charge in [-0.15, -0.1) is 0 Å². The summed E-state index contributed by atoms with van der Waals surface area (Å²) in [6.07, 6.45) is 6.14. The van der Waals surface area contributed by atoms with E-state index in [4.69, 9.17) is 0 Å². The first-order valence-corrected chi connectivity index (χ1v) is 9.85. The van der Waals surface area contributed by atoms with Crippen molar-refractivity contribution in [1.29, 1.82) is 21.0 Å². The maximum absolute atomic E-state index is 10.4. The summed E-state index contributed by atoms with van der Waals surface area (Å²) in [6, 6.07) is 17.3. The Kier molecular flexibility index (Phi) is 2.98. The second-order valence-electron chi connectivity index (χ2n) is 8.95. The molecule has 4 aliphatic carbocycles. The van der Waals surface area contributed by atoms with Crippen molar-refractivity contribution in [3.8, 4) is 24.3 Å². The third-order valence-electron chi connectivity index (χ3n) is 8.21. The molecule has 0 N–H and O–H groups in total. The molecule has 3 fully saturated rings. The summed E-state index contributed by atoms with van der Waals surface area (Å²) in [5.41, 5.74) is -2.24. The zero-order chi connectivity index (χ0) is 18.9. The number of rotatable bonds is 2. The summed E-state index contributed by atoms with van der Waals surface area (Å²) in [4.78, 5) is 0. The Morgan fingerprint density at radius 3 is 1.85 bits per heavy atom. The van der Waals surface area contributed by atoms with Gasteiger partial charge in [-0.25, -0.2) is 0 Å². The summed E-state index contributed by atoms with van der Waals surface area (Å²) >= 11 is 0. The first kappa shape index (κ1) is 16.4. The predicted octanol–water partition coefficient (Wildman–Crippen LogP) is 4.15. The van der Waals surface area contributed by atoms with Crippen LogP contribution in [-0.4, -0.2) is 0 Å². The van der Waals surface area contributed by atoms with Crippen molar-refractivity contribution in [2.24, 2.45) is 28.1 Å². The molecule has 1 spiro atoms. The van der Waals surface area contributed by atoms with Crippen molar-refractivity contribution in [2.45, 2.75) is 50.4 Å². The molecule has 4 heteroatoms. The topological polar surface area (TPSA) is 95.2 Å². The Bertz CT molecular complexity index is 963. The van der Waals surface area contributed by atoms with Crippen LogP contribution in [0, 0.1) is 73.4 Å². The lowest BCUT2D eigenvalue weighted by Crippen LogP contribution is -2.51. The van der Waals surface area contributed by atoms with Gasteiger partial charge < -0.3 is 0 Å². The van der Waals surface area contributed by atoms with Gasteiger partial charge in [-0.2, -0.15) is 21.0 Å². The number of benzene rings is 1. The number of nitriles is 4. The van der Waals surface area contributed by atoms with Crippen LogP contribution < -0.4 is 0 Å². The van der Waals surface area contributed by atoms with Crippen LogP contribution in [0.4, 0.5) is 0 Å². The molecule has 1 aromatic carbocycles. The summed E-state index contributed by atoms with van der Waals surface area (Å²) in [6.45, 7) is 0. The highest BCUT2D eigenvalue weighted by Crippen LogP contribution is 2.82. The van der Waals surface area contributed by atoms with Crippen LogP contribution in [-0.2, 0) is 11.8 Å². The molecule has 1 unspecified atom stereocenters. The monoisotopic (exact) mass is 352 g/mol. The van der Waals surface area contributed by atoms with E-state index in [1.54, 1.807) is 0 Å². The fourth-order valence-corrected chi connectivity index (χ4v) is 6.97. The van der Waals surface area contributed by atoms with Crippen molar-refractivity contribution in [2.75, 3.05) is 0 Å². The number of aryl methyl sites for hydroxylation is 1. The smallest absolute Gasteiger partial charge is 0.185 e. The lowest BCUT2D eigenvalue weighted by Gasteiger charge is -2.41. The highest BCUT2D eigenvalue weighted by Gasteiger charge is 2.85. The van der Waals surface area contributed by atoms with E-state index in [0.717, 1.165) is 37.7 Å². The average Bonchev–Trinajstić information content (AvgIpc) is 3.64. The van der Waals surface area contributed by atoms with Crippen molar-refractivity contribution in [1.82, 2.24) is 0 Å². The third-order valence-corrected chi connectivity index (χ3v) is 8.21. The van der Waals surface area contributed by atoms with E-state index in [1.165, 1.54) is 5.56 Å². The van der Waals surface area contributed by atoms with Gasteiger partial charge in [-0.3, -0.25) is 0 Å². The highest BCUT2D eigenvalue weighted by molar-refractivity contribution is 5.57. The van der Waals surface area contributed by atoms with Crippen LogP contribution in [0.25, 0.3) is 0 Å². The van der Waals surface area contributed by atoms with Crippen molar-refractivity contribution in [3.63, 3.8) is 0 Å². The van der Waals surface area contributed by atoms with E-state index >= 15 is 0 Å². The predicted molar refractivity (Wildman–Crippen MR) is 96.3 cm³/mol. The molecule has 0 bridgehead atoms. The molecular formula is C23H20N4. The minimum Gasteiger partial charge on any atom is -0.196 e. The minimum absolute atomic E-state index is 0.289. The third kappa shape index (κ3) is 1.50. The molecule has 0 amide bonds. The molecule has 0 radical (unpaired) electrons. The number of hydrogen-bond donors (Lipinski definition) is 0. The van der Waals surface area contributed by atoms with Crippen LogP contribution in [0.15, 0.2) is 24.3 Å². The molecule has 0 saturated heterocycles. The zero-order valence-electron chi connectivity index (χ0n) is 15.2. The quantitative estimate of drug-likeness (QED) is 0.799. The zero-order valence-corrected chi connectivity index (χ0v) is 15.2. The molecule has 0 heterocycles. The van der Waals surface area contributed by atoms with Gasteiger partial charge >= 0.3 is 0 Å². The van der Waals surface area contributed by atoms with Crippen LogP contribution in [0.5, 0.6) is 0 Å². The summed E-state index contributed by atoms with van der Waals surface area (Å²) in [5.74, 6) is 0.579. The van der Waals surface area contributed by atoms with Crippen LogP contribution in [0.1, 0.15) is 49.7 Å². The fraction of sp³-hybridized carbons (Fsp3) is 0.565. The molecule has 132 valence electrons. The normalized spacial score (nSPS) is 31.3. The minimum atomic E-state index is -1.62. The van der Waals surface area contributed by atoms with Gasteiger partial charge in [-0.1, -0.05) is 24.3 Å². The first-order valence-electron chi connectivity index (χ1n) is 9.85. The van der Waals surface area contributed by atoms with E-state index < -0.39 is 21.7 Å². The molecule has 0 aromatic heterocycles. The summed E-state index contributed by atoms with van der Waals surface area (Å²) in [5, 5.41) is 41.7. The molecule has 27 heavy (non-hydrogen) atoms. The SMILES string of the molecule is N#CC1(C#N)C2(CCc3ccccc32)CC(C2CC2)(C2CC2)C1(C#N)C#N. The number of nitrogens with zero attached hydrogens (tertiary/aromatic N) is 4. The largest absolute Gasteiger partial charge is 0.196 e. The molecule has 4 aliphatic rings. The maximum Gasteiger partial charge on any atom is 0.185 e. The van der Waals surface area contributed by atoms with Crippen LogP contribution in [0.3, 0.4) is 0 Å². The molecule has 5 rings (SSSR count). The Morgan fingerprint density at radius 1 is 0.778 bits per heavy atom. The Hall–Kier alpha value is -2.82. The lowest BCUT2D eigenvalue weighted by molar-refractivity contribution is 0.0821. The highest BCUT2D eigenvalue weighted by atomic mass is 14.8. The summed E-state index contributed by atoms with van der Waals surface area (Å²) in [7, 11) is 0. The number of fused-ring (bicyclic) bond motifs is 2. The first-order chi connectivity index (χ1) is 13.1. The Balaban J connectivity index is 1.89. The van der Waals surface area contributed by atoms with Crippen LogP contribution in [0.2, 0.25) is 0 Å². The van der Waals surface area contributed by atoms with Gasteiger partial charge in [0.2, 0.25) is 0 Å². The van der Waals surface area contributed by atoms with Crippen molar-refractivity contribution < 1.29 is 0 Å². The van der Waals surface area contributed by atoms with Gasteiger partial charge in [0.25, 0.3) is 0 Å². The Labute approximate surface area is 159 Å². The molecule has 4 nitrogen and oxygen atoms in total. The second-order valence-corrected chi connectivity index (χ2v) is 8.95. The van der Waals surface area contributed by atoms with Gasteiger partial charge in [0, 0.05) is 10.8 Å². The second kappa shape index (κ2) is 4.91. The van der Waals surface area contributed by atoms with Crippen molar-refractivity contribution in [3.05, 3.63) is 35.4 Å². The Morgan fingerprint density at radius 2 is 1.33 bits per heavy atom. The van der Waals surface area contributed by atoms with E-state index in [0.29, 0.717) is 12.8 Å². The van der Waals surface area contributed by atoms with E-state index in [-0.39, 0.29) is 11.8 Å². The van der Waals surface area contributed by atoms with Gasteiger partial charge in [-0.05, 0) is 67.9 Å². The van der Waals surface area contributed by atoms with E-state index in [1.807, 2.05) is 18.2 Å².